The Kier molecular flexibility index (Phi) is 5.87. The highest BCUT2D eigenvalue weighted by molar-refractivity contribution is 7.90. The average Bonchev–Trinajstić information content (AvgIpc) is 3.13. The van der Waals surface area contributed by atoms with Gasteiger partial charge in [-0.15, -0.1) is 0 Å². The number of nitrogens with one attached hydrogen (secondary N) is 1. The van der Waals surface area contributed by atoms with Crippen LogP contribution in [0.1, 0.15) is 43.5 Å². The maximum atomic E-state index is 13.6. The number of aryl methyl sites for hydroxylation is 1. The fourth-order valence-corrected chi connectivity index (χ4v) is 4.41. The zero-order chi connectivity index (χ0) is 20.7. The van der Waals surface area contributed by atoms with Crippen molar-refractivity contribution in [3.05, 3.63) is 46.1 Å². The normalized spacial score (nSPS) is 20.4. The first-order chi connectivity index (χ1) is 13.0. The van der Waals surface area contributed by atoms with Crippen molar-refractivity contribution in [2.75, 3.05) is 19.5 Å². The van der Waals surface area contributed by atoms with E-state index in [0.717, 1.165) is 12.7 Å². The summed E-state index contributed by atoms with van der Waals surface area (Å²) >= 11 is 5.94. The summed E-state index contributed by atoms with van der Waals surface area (Å²) in [6, 6.07) is 4.25. The molecule has 0 radical (unpaired) electrons. The minimum Gasteiger partial charge on any atom is -0.375 e. The van der Waals surface area contributed by atoms with Crippen LogP contribution in [-0.2, 0) is 19.3 Å². The zero-order valence-electron chi connectivity index (χ0n) is 16.3. The van der Waals surface area contributed by atoms with Gasteiger partial charge in [0, 0.05) is 6.26 Å². The lowest BCUT2D eigenvalue weighted by Crippen LogP contribution is -2.19. The average molecular weight is 431 g/mol. The third kappa shape index (κ3) is 4.74. The van der Waals surface area contributed by atoms with E-state index in [4.69, 9.17) is 21.1 Å². The summed E-state index contributed by atoms with van der Waals surface area (Å²) in [5.74, 6) is -0.227. The quantitative estimate of drug-likeness (QED) is 0.753. The van der Waals surface area contributed by atoms with E-state index in [-0.39, 0.29) is 28.2 Å². The van der Waals surface area contributed by atoms with E-state index in [1.165, 1.54) is 12.1 Å². The molecule has 0 bridgehead atoms. The number of imidazole rings is 1. The summed E-state index contributed by atoms with van der Waals surface area (Å²) in [6.45, 7) is 6.81. The fourth-order valence-electron chi connectivity index (χ4n) is 3.35. The maximum Gasteiger partial charge on any atom is 0.194 e. The molecule has 1 aliphatic rings. The Balaban J connectivity index is 1.92. The van der Waals surface area contributed by atoms with E-state index < -0.39 is 21.8 Å². The number of rotatable bonds is 6. The molecule has 2 heterocycles. The third-order valence-corrected chi connectivity index (χ3v) is 6.03. The molecule has 28 heavy (non-hydrogen) atoms. The summed E-state index contributed by atoms with van der Waals surface area (Å²) in [4.78, 5) is 7.22. The molecule has 2 atom stereocenters. The number of hydrogen-bond acceptors (Lipinski definition) is 5. The van der Waals surface area contributed by atoms with Crippen LogP contribution < -0.4 is 0 Å². The van der Waals surface area contributed by atoms with Crippen LogP contribution in [0.4, 0.5) is 4.39 Å². The van der Waals surface area contributed by atoms with Crippen molar-refractivity contribution < 1.29 is 22.3 Å². The Hall–Kier alpha value is -1.48. The van der Waals surface area contributed by atoms with Crippen LogP contribution in [0.3, 0.4) is 0 Å². The highest BCUT2D eigenvalue weighted by Gasteiger charge is 2.33. The number of sulfone groups is 1. The van der Waals surface area contributed by atoms with Crippen LogP contribution >= 0.6 is 11.6 Å². The minimum absolute atomic E-state index is 0.0393. The number of aromatic amines is 1. The van der Waals surface area contributed by atoms with Gasteiger partial charge < -0.3 is 14.5 Å². The van der Waals surface area contributed by atoms with Gasteiger partial charge in [-0.25, -0.2) is 17.8 Å². The van der Waals surface area contributed by atoms with Crippen LogP contribution in [0, 0.1) is 18.2 Å². The van der Waals surface area contributed by atoms with Gasteiger partial charge in [0.2, 0.25) is 0 Å². The first kappa shape index (κ1) is 21.2. The zero-order valence-corrected chi connectivity index (χ0v) is 17.8. The summed E-state index contributed by atoms with van der Waals surface area (Å²) in [5.41, 5.74) is 1.06. The molecule has 1 aromatic heterocycles. The molecule has 9 heteroatoms. The lowest BCUT2D eigenvalue weighted by molar-refractivity contribution is -0.0109. The van der Waals surface area contributed by atoms with Crippen LogP contribution in [0.25, 0.3) is 0 Å². The van der Waals surface area contributed by atoms with Crippen LogP contribution in [-0.4, -0.2) is 44.0 Å². The van der Waals surface area contributed by atoms with Gasteiger partial charge in [-0.1, -0.05) is 31.5 Å². The molecule has 2 unspecified atom stereocenters. The van der Waals surface area contributed by atoms with Gasteiger partial charge in [0.1, 0.15) is 17.7 Å². The maximum absolute atomic E-state index is 13.6. The van der Waals surface area contributed by atoms with Crippen molar-refractivity contribution in [3.63, 3.8) is 0 Å². The van der Waals surface area contributed by atoms with Crippen LogP contribution in [0.2, 0.25) is 5.02 Å². The van der Waals surface area contributed by atoms with E-state index in [2.05, 4.69) is 23.8 Å². The summed E-state index contributed by atoms with van der Waals surface area (Å²) in [7, 11) is -3.50. The number of hydrogen-bond donors (Lipinski definition) is 1. The molecule has 1 aromatic carbocycles. The van der Waals surface area contributed by atoms with E-state index >= 15 is 0 Å². The molecule has 154 valence electrons. The molecule has 1 aliphatic heterocycles. The van der Waals surface area contributed by atoms with Crippen LogP contribution in [0.15, 0.2) is 23.2 Å². The Morgan fingerprint density at radius 1 is 1.46 bits per heavy atom. The number of H-pyrrole nitrogens is 1. The van der Waals surface area contributed by atoms with Crippen molar-refractivity contribution in [3.8, 4) is 0 Å². The molecule has 0 aliphatic carbocycles. The molecule has 2 aromatic rings. The van der Waals surface area contributed by atoms with Crippen LogP contribution in [0.5, 0.6) is 0 Å². The van der Waals surface area contributed by atoms with E-state index in [1.54, 1.807) is 13.0 Å². The van der Waals surface area contributed by atoms with Gasteiger partial charge in [-0.2, -0.15) is 0 Å². The van der Waals surface area contributed by atoms with Crippen molar-refractivity contribution in [1.82, 2.24) is 9.97 Å². The van der Waals surface area contributed by atoms with E-state index in [0.29, 0.717) is 23.7 Å². The fraction of sp³-hybridized carbons (Fsp3) is 0.526. The molecule has 6 nitrogen and oxygen atoms in total. The molecule has 0 spiro atoms. The molecule has 1 saturated heterocycles. The number of nitrogens with zero attached hydrogens (tertiary/aromatic N) is 1. The highest BCUT2D eigenvalue weighted by atomic mass is 35.5. The molecule has 0 saturated carbocycles. The number of halogens is 2. The standard InChI is InChI=1S/C19H24ClFN2O4S/c1-11-18(28(4,24)25)23-17(22-11)16(12-5-6-15(21)14(20)7-12)26-9-13-8-19(2,3)10-27-13/h5-7,13,16H,8-10H2,1-4H3,(H,22,23). The van der Waals surface area contributed by atoms with E-state index in [9.17, 15) is 12.8 Å². The third-order valence-electron chi connectivity index (χ3n) is 4.64. The molecule has 3 rings (SSSR count). The largest absolute Gasteiger partial charge is 0.375 e. The highest BCUT2D eigenvalue weighted by Crippen LogP contribution is 2.34. The number of ether oxygens (including phenoxy) is 2. The molecular weight excluding hydrogens is 407 g/mol. The minimum atomic E-state index is -3.50. The smallest absolute Gasteiger partial charge is 0.194 e. The van der Waals surface area contributed by atoms with Gasteiger partial charge in [0.25, 0.3) is 0 Å². The molecule has 1 fully saturated rings. The van der Waals surface area contributed by atoms with Gasteiger partial charge >= 0.3 is 0 Å². The second kappa shape index (κ2) is 7.74. The summed E-state index contributed by atoms with van der Waals surface area (Å²) in [6.07, 6.45) is 1.12. The van der Waals surface area contributed by atoms with Gasteiger partial charge in [0.05, 0.1) is 30.0 Å². The summed E-state index contributed by atoms with van der Waals surface area (Å²) < 4.78 is 49.4. The first-order valence-corrected chi connectivity index (χ1v) is 11.2. The van der Waals surface area contributed by atoms with Crippen molar-refractivity contribution >= 4 is 21.4 Å². The van der Waals surface area contributed by atoms with Gasteiger partial charge in [-0.05, 0) is 36.5 Å². The van der Waals surface area contributed by atoms with Gasteiger partial charge in [-0.3, -0.25) is 0 Å². The second-order valence-corrected chi connectivity index (χ2v) is 10.4. The topological polar surface area (TPSA) is 81.3 Å². The molecule has 1 N–H and O–H groups in total. The van der Waals surface area contributed by atoms with Crippen molar-refractivity contribution in [2.45, 2.75) is 44.4 Å². The second-order valence-electron chi connectivity index (χ2n) is 8.01. The molecular formula is C19H24ClFN2O4S. The SMILES string of the molecule is Cc1[nH]c(C(OCC2CC(C)(C)CO2)c2ccc(F)c(Cl)c2)nc1S(C)(=O)=O. The van der Waals surface area contributed by atoms with Crippen molar-refractivity contribution in [1.29, 1.82) is 0 Å². The first-order valence-electron chi connectivity index (χ1n) is 8.91. The lowest BCUT2D eigenvalue weighted by Gasteiger charge is -2.20. The Morgan fingerprint density at radius 3 is 2.71 bits per heavy atom. The van der Waals surface area contributed by atoms with E-state index in [1.807, 2.05) is 0 Å². The monoisotopic (exact) mass is 430 g/mol. The number of aromatic nitrogens is 2. The number of benzene rings is 1. The van der Waals surface area contributed by atoms with Crippen molar-refractivity contribution in [2.24, 2.45) is 5.41 Å². The summed E-state index contributed by atoms with van der Waals surface area (Å²) in [5, 5.41) is -0.0847. The van der Waals surface area contributed by atoms with Gasteiger partial charge in [0.15, 0.2) is 14.9 Å². The predicted octanol–water partition coefficient (Wildman–Crippen LogP) is 3.84. The molecule has 0 amide bonds. The Bertz CT molecular complexity index is 974. The Labute approximate surface area is 169 Å². The lowest BCUT2D eigenvalue weighted by atomic mass is 9.91. The Morgan fingerprint density at radius 2 is 2.18 bits per heavy atom. The predicted molar refractivity (Wildman–Crippen MR) is 104 cm³/mol.